The third kappa shape index (κ3) is 2.83. The lowest BCUT2D eigenvalue weighted by Crippen LogP contribution is -2.49. The summed E-state index contributed by atoms with van der Waals surface area (Å²) >= 11 is 0. The number of carbonyl (C=O) groups is 1. The number of rotatable bonds is 4. The first kappa shape index (κ1) is 18.3. The smallest absolute Gasteiger partial charge is 0.249 e. The molecule has 1 atom stereocenters. The second kappa shape index (κ2) is 6.97. The van der Waals surface area contributed by atoms with E-state index in [0.29, 0.717) is 11.7 Å². The Hall–Kier alpha value is -3.69. The van der Waals surface area contributed by atoms with Gasteiger partial charge in [-0.2, -0.15) is 10.1 Å². The summed E-state index contributed by atoms with van der Waals surface area (Å²) < 4.78 is 7.27. The Labute approximate surface area is 173 Å². The van der Waals surface area contributed by atoms with E-state index in [1.165, 1.54) is 6.33 Å². The van der Waals surface area contributed by atoms with E-state index >= 15 is 0 Å². The molecule has 0 aliphatic carbocycles. The van der Waals surface area contributed by atoms with Crippen molar-refractivity contribution >= 4 is 29.0 Å². The molecular formula is C20H22N8O2. The minimum Gasteiger partial charge on any atom is -0.494 e. The molecule has 1 saturated heterocycles. The van der Waals surface area contributed by atoms with Crippen LogP contribution < -0.4 is 19.9 Å². The monoisotopic (exact) mass is 406 g/mol. The van der Waals surface area contributed by atoms with Crippen LogP contribution >= 0.6 is 0 Å². The fraction of sp³-hybridized carbons (Fsp3) is 0.350. The molecule has 3 aromatic rings. The first-order chi connectivity index (χ1) is 14.6. The highest BCUT2D eigenvalue weighted by Gasteiger charge is 2.40. The average Bonchev–Trinajstić information content (AvgIpc) is 3.41. The molecule has 0 bridgehead atoms. The summed E-state index contributed by atoms with van der Waals surface area (Å²) in [4.78, 5) is 29.6. The summed E-state index contributed by atoms with van der Waals surface area (Å²) in [5.41, 5.74) is 2.31. The third-order valence-corrected chi connectivity index (χ3v) is 5.63. The van der Waals surface area contributed by atoms with Gasteiger partial charge >= 0.3 is 0 Å². The number of carbonyl (C=O) groups excluding carboxylic acids is 1. The predicted octanol–water partition coefficient (Wildman–Crippen LogP) is 2.06. The number of benzene rings is 1. The molecule has 1 amide bonds. The van der Waals surface area contributed by atoms with Gasteiger partial charge in [0.25, 0.3) is 0 Å². The van der Waals surface area contributed by atoms with Gasteiger partial charge in [0.1, 0.15) is 35.3 Å². The fourth-order valence-electron chi connectivity index (χ4n) is 4.09. The summed E-state index contributed by atoms with van der Waals surface area (Å²) in [5, 5.41) is 7.49. The second-order valence-corrected chi connectivity index (χ2v) is 7.38. The number of amides is 1. The minimum atomic E-state index is -0.129. The first-order valence-corrected chi connectivity index (χ1v) is 9.80. The Morgan fingerprint density at radius 2 is 2.10 bits per heavy atom. The number of ether oxygens (including phenoxy) is 1. The standard InChI is InChI=1S/C20H22N8O2/c1-12-22-11-23-28(12)14-7-6-13(9-17(14)30-3)24-20-21-10-16-18(25-20)27-8-4-5-15(27)19(29)26(16)2/h6-7,9-11,15H,4-5,8H2,1-3H3,(H,21,24,25). The van der Waals surface area contributed by atoms with Crippen LogP contribution in [0.25, 0.3) is 5.69 Å². The summed E-state index contributed by atoms with van der Waals surface area (Å²) in [5.74, 6) is 2.78. The summed E-state index contributed by atoms with van der Waals surface area (Å²) in [7, 11) is 3.40. The number of aryl methyl sites for hydroxylation is 1. The number of fused-ring (bicyclic) bond motifs is 3. The highest BCUT2D eigenvalue weighted by molar-refractivity contribution is 6.04. The lowest BCUT2D eigenvalue weighted by molar-refractivity contribution is -0.119. The lowest BCUT2D eigenvalue weighted by atomic mass is 10.1. The summed E-state index contributed by atoms with van der Waals surface area (Å²) in [6.45, 7) is 2.71. The molecule has 2 aliphatic heterocycles. The van der Waals surface area contributed by atoms with Gasteiger partial charge in [0.15, 0.2) is 5.82 Å². The van der Waals surface area contributed by atoms with Crippen molar-refractivity contribution in [3.63, 3.8) is 0 Å². The molecule has 5 rings (SSSR count). The van der Waals surface area contributed by atoms with E-state index in [0.717, 1.165) is 48.1 Å². The van der Waals surface area contributed by atoms with Crippen molar-refractivity contribution in [3.8, 4) is 11.4 Å². The molecule has 154 valence electrons. The molecule has 2 aromatic heterocycles. The fourth-order valence-corrected chi connectivity index (χ4v) is 4.09. The van der Waals surface area contributed by atoms with Crippen molar-refractivity contribution in [2.75, 3.05) is 35.8 Å². The number of aromatic nitrogens is 5. The summed E-state index contributed by atoms with van der Waals surface area (Å²) in [6.07, 6.45) is 5.04. The summed E-state index contributed by atoms with van der Waals surface area (Å²) in [6, 6.07) is 5.56. The van der Waals surface area contributed by atoms with Gasteiger partial charge in [-0.1, -0.05) is 0 Å². The van der Waals surface area contributed by atoms with Gasteiger partial charge in [0.05, 0.1) is 13.3 Å². The maximum atomic E-state index is 12.6. The van der Waals surface area contributed by atoms with Gasteiger partial charge in [-0.15, -0.1) is 0 Å². The Kier molecular flexibility index (Phi) is 4.27. The van der Waals surface area contributed by atoms with Gasteiger partial charge in [-0.05, 0) is 31.9 Å². The maximum absolute atomic E-state index is 12.6. The molecule has 4 heterocycles. The van der Waals surface area contributed by atoms with Crippen molar-refractivity contribution in [1.82, 2.24) is 24.7 Å². The highest BCUT2D eigenvalue weighted by atomic mass is 16.5. The number of anilines is 4. The Balaban J connectivity index is 1.46. The zero-order valence-electron chi connectivity index (χ0n) is 17.0. The van der Waals surface area contributed by atoms with Gasteiger partial charge < -0.3 is 19.9 Å². The van der Waals surface area contributed by atoms with E-state index in [1.807, 2.05) is 25.1 Å². The largest absolute Gasteiger partial charge is 0.494 e. The van der Waals surface area contributed by atoms with Crippen LogP contribution in [0.15, 0.2) is 30.7 Å². The first-order valence-electron chi connectivity index (χ1n) is 9.80. The molecule has 1 N–H and O–H groups in total. The molecule has 1 fully saturated rings. The van der Waals surface area contributed by atoms with Crippen LogP contribution in [-0.2, 0) is 4.79 Å². The van der Waals surface area contributed by atoms with Crippen molar-refractivity contribution in [3.05, 3.63) is 36.5 Å². The van der Waals surface area contributed by atoms with Crippen LogP contribution in [0.1, 0.15) is 18.7 Å². The molecule has 10 heteroatoms. The molecule has 0 spiro atoms. The van der Waals surface area contributed by atoms with Gasteiger partial charge in [0.2, 0.25) is 11.9 Å². The topological polar surface area (TPSA) is 101 Å². The van der Waals surface area contributed by atoms with E-state index in [-0.39, 0.29) is 11.9 Å². The molecular weight excluding hydrogens is 384 g/mol. The predicted molar refractivity (Wildman–Crippen MR) is 112 cm³/mol. The molecule has 30 heavy (non-hydrogen) atoms. The van der Waals surface area contributed by atoms with Crippen LogP contribution in [0.2, 0.25) is 0 Å². The number of likely N-dealkylation sites (N-methyl/N-ethyl adjacent to an activating group) is 1. The normalized spacial score (nSPS) is 17.7. The van der Waals surface area contributed by atoms with Crippen LogP contribution in [0.3, 0.4) is 0 Å². The molecule has 2 aliphatic rings. The SMILES string of the molecule is COc1cc(Nc2ncc3c(n2)N2CCCC2C(=O)N3C)ccc1-n1ncnc1C. The molecule has 0 radical (unpaired) electrons. The minimum absolute atomic E-state index is 0.105. The Morgan fingerprint density at radius 3 is 2.87 bits per heavy atom. The molecule has 1 aromatic carbocycles. The van der Waals surface area contributed by atoms with Crippen LogP contribution in [0, 0.1) is 6.92 Å². The van der Waals surface area contributed by atoms with Crippen molar-refractivity contribution in [1.29, 1.82) is 0 Å². The van der Waals surface area contributed by atoms with Crippen LogP contribution in [-0.4, -0.2) is 57.4 Å². The third-order valence-electron chi connectivity index (χ3n) is 5.63. The zero-order chi connectivity index (χ0) is 20.8. The molecule has 10 nitrogen and oxygen atoms in total. The van der Waals surface area contributed by atoms with E-state index in [2.05, 4.69) is 25.3 Å². The number of hydrogen-bond donors (Lipinski definition) is 1. The van der Waals surface area contributed by atoms with Crippen LogP contribution in [0.4, 0.5) is 23.1 Å². The van der Waals surface area contributed by atoms with Crippen molar-refractivity contribution in [2.24, 2.45) is 0 Å². The number of hydrogen-bond acceptors (Lipinski definition) is 8. The van der Waals surface area contributed by atoms with E-state index in [9.17, 15) is 4.79 Å². The van der Waals surface area contributed by atoms with Gasteiger partial charge in [-0.3, -0.25) is 4.79 Å². The number of methoxy groups -OCH3 is 1. The molecule has 1 unspecified atom stereocenters. The molecule has 0 saturated carbocycles. The van der Waals surface area contributed by atoms with Crippen molar-refractivity contribution < 1.29 is 9.53 Å². The van der Waals surface area contributed by atoms with E-state index < -0.39 is 0 Å². The second-order valence-electron chi connectivity index (χ2n) is 7.38. The lowest BCUT2D eigenvalue weighted by Gasteiger charge is -2.36. The van der Waals surface area contributed by atoms with E-state index in [4.69, 9.17) is 9.72 Å². The van der Waals surface area contributed by atoms with Crippen molar-refractivity contribution in [2.45, 2.75) is 25.8 Å². The Bertz CT molecular complexity index is 1130. The Morgan fingerprint density at radius 1 is 1.23 bits per heavy atom. The highest BCUT2D eigenvalue weighted by Crippen LogP contribution is 2.38. The number of nitrogens with zero attached hydrogens (tertiary/aromatic N) is 7. The van der Waals surface area contributed by atoms with Gasteiger partial charge in [-0.25, -0.2) is 14.6 Å². The maximum Gasteiger partial charge on any atom is 0.249 e. The van der Waals surface area contributed by atoms with Crippen LogP contribution in [0.5, 0.6) is 5.75 Å². The van der Waals surface area contributed by atoms with E-state index in [1.54, 1.807) is 29.9 Å². The average molecular weight is 406 g/mol. The number of nitrogens with one attached hydrogen (secondary N) is 1. The quantitative estimate of drug-likeness (QED) is 0.703. The van der Waals surface area contributed by atoms with Gasteiger partial charge in [0, 0.05) is 25.3 Å². The zero-order valence-corrected chi connectivity index (χ0v) is 17.0.